The summed E-state index contributed by atoms with van der Waals surface area (Å²) in [7, 11) is 0. The largest absolute Gasteiger partial charge is 0.478 e. The molecule has 1 aromatic rings. The minimum atomic E-state index is -1.37. The molecule has 0 unspecified atom stereocenters. The van der Waals surface area contributed by atoms with E-state index in [0.29, 0.717) is 18.7 Å². The Morgan fingerprint density at radius 1 is 1.33 bits per heavy atom. The molecule has 21 heavy (non-hydrogen) atoms. The smallest absolute Gasteiger partial charge is 0.338 e. The highest BCUT2D eigenvalue weighted by Crippen LogP contribution is 2.23. The summed E-state index contributed by atoms with van der Waals surface area (Å²) in [5.41, 5.74) is 5.65. The van der Waals surface area contributed by atoms with Gasteiger partial charge in [-0.15, -0.1) is 0 Å². The van der Waals surface area contributed by atoms with Crippen LogP contribution in [0.2, 0.25) is 0 Å². The van der Waals surface area contributed by atoms with Gasteiger partial charge in [-0.05, 0) is 25.0 Å². The lowest BCUT2D eigenvalue weighted by molar-refractivity contribution is -0.129. The Bertz CT molecular complexity index is 557. The Hall–Kier alpha value is -2.31. The maximum absolute atomic E-state index is 13.6. The summed E-state index contributed by atoms with van der Waals surface area (Å²) in [5, 5.41) is 11.7. The number of benzene rings is 1. The monoisotopic (exact) mass is 295 g/mol. The van der Waals surface area contributed by atoms with Gasteiger partial charge in [0.1, 0.15) is 5.82 Å². The van der Waals surface area contributed by atoms with Crippen molar-refractivity contribution in [1.29, 1.82) is 0 Å². The molecule has 2 rings (SSSR count). The number of nitrogens with two attached hydrogens (primary N) is 1. The molecule has 1 aromatic carbocycles. The SMILES string of the molecule is Nc1cc(C(=O)O)c(F)cc1NCCC(=O)N1CCCC1. The summed E-state index contributed by atoms with van der Waals surface area (Å²) >= 11 is 0. The molecule has 114 valence electrons. The second-order valence-corrected chi connectivity index (χ2v) is 4.99. The van der Waals surface area contributed by atoms with Gasteiger partial charge in [0.2, 0.25) is 5.91 Å². The van der Waals surface area contributed by atoms with E-state index in [-0.39, 0.29) is 11.6 Å². The Labute approximate surface area is 121 Å². The number of aromatic carboxylic acids is 1. The third-order valence-electron chi connectivity index (χ3n) is 3.48. The molecule has 0 spiro atoms. The predicted molar refractivity (Wildman–Crippen MR) is 76.7 cm³/mol. The number of carboxylic acid groups (broad SMARTS) is 1. The molecule has 1 saturated heterocycles. The normalized spacial score (nSPS) is 14.2. The van der Waals surface area contributed by atoms with E-state index >= 15 is 0 Å². The highest BCUT2D eigenvalue weighted by atomic mass is 19.1. The lowest BCUT2D eigenvalue weighted by Gasteiger charge is -2.16. The number of halogens is 1. The van der Waals surface area contributed by atoms with Crippen LogP contribution in [0, 0.1) is 5.82 Å². The molecule has 0 aliphatic carbocycles. The number of hydrogen-bond acceptors (Lipinski definition) is 4. The molecule has 4 N–H and O–H groups in total. The van der Waals surface area contributed by atoms with Crippen LogP contribution in [0.15, 0.2) is 12.1 Å². The lowest BCUT2D eigenvalue weighted by atomic mass is 10.1. The lowest BCUT2D eigenvalue weighted by Crippen LogP contribution is -2.29. The number of carbonyl (C=O) groups excluding carboxylic acids is 1. The van der Waals surface area contributed by atoms with Crippen molar-refractivity contribution in [3.8, 4) is 0 Å². The van der Waals surface area contributed by atoms with E-state index in [1.54, 1.807) is 4.90 Å². The maximum atomic E-state index is 13.6. The molecular weight excluding hydrogens is 277 g/mol. The van der Waals surface area contributed by atoms with Crippen molar-refractivity contribution in [3.05, 3.63) is 23.5 Å². The molecule has 0 aromatic heterocycles. The second-order valence-electron chi connectivity index (χ2n) is 4.99. The standard InChI is InChI=1S/C14H18FN3O3/c15-10-8-12(11(16)7-9(10)14(20)21)17-4-3-13(19)18-5-1-2-6-18/h7-8,17H,1-6,16H2,(H,20,21). The van der Waals surface area contributed by atoms with E-state index in [4.69, 9.17) is 10.8 Å². The van der Waals surface area contributed by atoms with E-state index in [1.807, 2.05) is 0 Å². The van der Waals surface area contributed by atoms with E-state index < -0.39 is 17.3 Å². The summed E-state index contributed by atoms with van der Waals surface area (Å²) < 4.78 is 13.6. The number of carboxylic acids is 1. The van der Waals surface area contributed by atoms with E-state index in [9.17, 15) is 14.0 Å². The number of nitrogen functional groups attached to an aromatic ring is 1. The van der Waals surface area contributed by atoms with Crippen LogP contribution in [-0.2, 0) is 4.79 Å². The molecule has 1 fully saturated rings. The van der Waals surface area contributed by atoms with Crippen LogP contribution in [-0.4, -0.2) is 41.5 Å². The van der Waals surface area contributed by atoms with Crippen molar-refractivity contribution in [3.63, 3.8) is 0 Å². The Balaban J connectivity index is 1.92. The number of carbonyl (C=O) groups is 2. The fourth-order valence-electron chi connectivity index (χ4n) is 2.34. The van der Waals surface area contributed by atoms with Gasteiger partial charge in [-0.25, -0.2) is 9.18 Å². The first-order valence-electron chi connectivity index (χ1n) is 6.83. The first-order valence-corrected chi connectivity index (χ1v) is 6.83. The minimum absolute atomic E-state index is 0.0567. The summed E-state index contributed by atoms with van der Waals surface area (Å²) in [4.78, 5) is 24.4. The van der Waals surface area contributed by atoms with Gasteiger partial charge in [0.25, 0.3) is 0 Å². The summed E-state index contributed by atoms with van der Waals surface area (Å²) in [6.45, 7) is 1.91. The zero-order valence-corrected chi connectivity index (χ0v) is 11.6. The average molecular weight is 295 g/mol. The second kappa shape index (κ2) is 6.43. The van der Waals surface area contributed by atoms with Crippen LogP contribution in [0.4, 0.5) is 15.8 Å². The zero-order valence-electron chi connectivity index (χ0n) is 11.6. The quantitative estimate of drug-likeness (QED) is 0.716. The van der Waals surface area contributed by atoms with Gasteiger partial charge in [-0.2, -0.15) is 0 Å². The third kappa shape index (κ3) is 3.62. The number of likely N-dealkylation sites (tertiary alicyclic amines) is 1. The highest BCUT2D eigenvalue weighted by molar-refractivity contribution is 5.90. The molecular formula is C14H18FN3O3. The summed E-state index contributed by atoms with van der Waals surface area (Å²) in [6.07, 6.45) is 2.36. The van der Waals surface area contributed by atoms with Crippen molar-refractivity contribution in [1.82, 2.24) is 4.90 Å². The average Bonchev–Trinajstić information content (AvgIpc) is 2.95. The number of nitrogens with zero attached hydrogens (tertiary/aromatic N) is 1. The summed E-state index contributed by atoms with van der Waals surface area (Å²) in [5.74, 6) is -2.17. The van der Waals surface area contributed by atoms with Gasteiger partial charge in [0.05, 0.1) is 16.9 Å². The van der Waals surface area contributed by atoms with Crippen molar-refractivity contribution >= 4 is 23.3 Å². The van der Waals surface area contributed by atoms with Crippen molar-refractivity contribution < 1.29 is 19.1 Å². The van der Waals surface area contributed by atoms with Crippen LogP contribution < -0.4 is 11.1 Å². The van der Waals surface area contributed by atoms with Crippen LogP contribution in [0.3, 0.4) is 0 Å². The third-order valence-corrected chi connectivity index (χ3v) is 3.48. The van der Waals surface area contributed by atoms with E-state index in [1.165, 1.54) is 0 Å². The Kier molecular flexibility index (Phi) is 4.62. The number of rotatable bonds is 5. The topological polar surface area (TPSA) is 95.7 Å². The van der Waals surface area contributed by atoms with E-state index in [0.717, 1.165) is 38.1 Å². The number of nitrogens with one attached hydrogen (secondary N) is 1. The molecule has 0 saturated carbocycles. The predicted octanol–water partition coefficient (Wildman–Crippen LogP) is 1.53. The van der Waals surface area contributed by atoms with Gasteiger partial charge < -0.3 is 21.1 Å². The maximum Gasteiger partial charge on any atom is 0.338 e. The van der Waals surface area contributed by atoms with Crippen LogP contribution in [0.5, 0.6) is 0 Å². The van der Waals surface area contributed by atoms with Crippen molar-refractivity contribution in [2.24, 2.45) is 0 Å². The van der Waals surface area contributed by atoms with Gasteiger partial charge in [-0.1, -0.05) is 0 Å². The van der Waals surface area contributed by atoms with Crippen LogP contribution >= 0.6 is 0 Å². The molecule has 1 aliphatic heterocycles. The van der Waals surface area contributed by atoms with Gasteiger partial charge >= 0.3 is 5.97 Å². The Morgan fingerprint density at radius 3 is 2.62 bits per heavy atom. The number of amides is 1. The fraction of sp³-hybridized carbons (Fsp3) is 0.429. The molecule has 0 atom stereocenters. The van der Waals surface area contributed by atoms with Gasteiger partial charge in [0, 0.05) is 26.1 Å². The molecule has 1 heterocycles. The molecule has 1 amide bonds. The van der Waals surface area contributed by atoms with Crippen molar-refractivity contribution in [2.75, 3.05) is 30.7 Å². The minimum Gasteiger partial charge on any atom is -0.478 e. The fourth-order valence-corrected chi connectivity index (χ4v) is 2.34. The van der Waals surface area contributed by atoms with Crippen LogP contribution in [0.1, 0.15) is 29.6 Å². The molecule has 1 aliphatic rings. The number of hydrogen-bond donors (Lipinski definition) is 3. The van der Waals surface area contributed by atoms with Crippen molar-refractivity contribution in [2.45, 2.75) is 19.3 Å². The molecule has 6 nitrogen and oxygen atoms in total. The van der Waals surface area contributed by atoms with Gasteiger partial charge in [-0.3, -0.25) is 4.79 Å². The first kappa shape index (κ1) is 15.1. The molecule has 7 heteroatoms. The number of anilines is 2. The highest BCUT2D eigenvalue weighted by Gasteiger charge is 2.18. The molecule has 0 radical (unpaired) electrons. The Morgan fingerprint density at radius 2 is 2.00 bits per heavy atom. The van der Waals surface area contributed by atoms with E-state index in [2.05, 4.69) is 5.32 Å². The first-order chi connectivity index (χ1) is 9.99. The van der Waals surface area contributed by atoms with Gasteiger partial charge in [0.15, 0.2) is 0 Å². The molecule has 0 bridgehead atoms. The van der Waals surface area contributed by atoms with Crippen LogP contribution in [0.25, 0.3) is 0 Å². The zero-order chi connectivity index (χ0) is 15.4. The summed E-state index contributed by atoms with van der Waals surface area (Å²) in [6, 6.07) is 2.11.